The second-order valence-electron chi connectivity index (χ2n) is 9.07. The summed E-state index contributed by atoms with van der Waals surface area (Å²) in [5, 5.41) is 10.9. The van der Waals surface area contributed by atoms with Crippen LogP contribution < -0.4 is 4.74 Å². The first-order chi connectivity index (χ1) is 11.9. The Morgan fingerprint density at radius 3 is 2.15 bits per heavy atom. The summed E-state index contributed by atoms with van der Waals surface area (Å²) in [6.45, 7) is 15.2. The Bertz CT molecular complexity index is 707. The van der Waals surface area contributed by atoms with Crippen LogP contribution in [-0.4, -0.2) is 24.3 Å². The van der Waals surface area contributed by atoms with Gasteiger partial charge in [0.05, 0.1) is 13.2 Å². The minimum atomic E-state index is -0.351. The summed E-state index contributed by atoms with van der Waals surface area (Å²) in [6, 6.07) is 1.75. The fraction of sp³-hybridized carbons (Fsp3) is 0.591. The van der Waals surface area contributed by atoms with Crippen molar-refractivity contribution in [3.63, 3.8) is 0 Å². The van der Waals surface area contributed by atoms with Gasteiger partial charge < -0.3 is 14.6 Å². The van der Waals surface area contributed by atoms with E-state index in [9.17, 15) is 9.90 Å². The average Bonchev–Trinajstić information content (AvgIpc) is 2.48. The van der Waals surface area contributed by atoms with Gasteiger partial charge in [0, 0.05) is 23.6 Å². The number of carbonyl (C=O) groups is 1. The molecule has 0 aromatic heterocycles. The molecular weight excluding hydrogens is 328 g/mol. The van der Waals surface area contributed by atoms with Crippen molar-refractivity contribution in [3.8, 4) is 11.5 Å². The predicted octanol–water partition coefficient (Wildman–Crippen LogP) is 5.11. The number of hydrogen-bond acceptors (Lipinski definition) is 4. The van der Waals surface area contributed by atoms with Crippen LogP contribution in [0, 0.1) is 0 Å². The van der Waals surface area contributed by atoms with Gasteiger partial charge in [-0.1, -0.05) is 53.2 Å². The Balaban J connectivity index is 2.80. The number of phenols is 1. The van der Waals surface area contributed by atoms with E-state index in [0.717, 1.165) is 29.5 Å². The summed E-state index contributed by atoms with van der Waals surface area (Å²) in [4.78, 5) is 11.8. The number of esters is 1. The van der Waals surface area contributed by atoms with Gasteiger partial charge in [-0.2, -0.15) is 0 Å². The van der Waals surface area contributed by atoms with Gasteiger partial charge in [-0.05, 0) is 29.7 Å². The number of benzene rings is 1. The van der Waals surface area contributed by atoms with Gasteiger partial charge in [0.1, 0.15) is 11.5 Å². The number of phenolic OH excluding ortho intramolecular Hbond substituents is 1. The van der Waals surface area contributed by atoms with Crippen molar-refractivity contribution >= 4 is 12.0 Å². The van der Waals surface area contributed by atoms with Gasteiger partial charge in [0.25, 0.3) is 0 Å². The van der Waals surface area contributed by atoms with Gasteiger partial charge in [-0.25, -0.2) is 0 Å². The van der Waals surface area contributed by atoms with Crippen molar-refractivity contribution in [2.24, 2.45) is 0 Å². The first-order valence-corrected chi connectivity index (χ1v) is 9.28. The van der Waals surface area contributed by atoms with Gasteiger partial charge in [-0.3, -0.25) is 4.79 Å². The minimum Gasteiger partial charge on any atom is -0.507 e. The number of carbonyl (C=O) groups excluding carboxylic acids is 1. The van der Waals surface area contributed by atoms with E-state index in [1.165, 1.54) is 12.5 Å². The van der Waals surface area contributed by atoms with Crippen LogP contribution in [-0.2, 0) is 20.4 Å². The zero-order valence-electron chi connectivity index (χ0n) is 17.2. The van der Waals surface area contributed by atoms with Gasteiger partial charge in [0.2, 0.25) is 0 Å². The van der Waals surface area contributed by atoms with Crippen LogP contribution in [0.1, 0.15) is 78.0 Å². The van der Waals surface area contributed by atoms with E-state index in [2.05, 4.69) is 47.6 Å². The molecule has 1 aromatic rings. The van der Waals surface area contributed by atoms with Crippen LogP contribution in [0.4, 0.5) is 0 Å². The van der Waals surface area contributed by atoms with E-state index in [4.69, 9.17) is 9.47 Å². The van der Waals surface area contributed by atoms with Crippen LogP contribution in [0.15, 0.2) is 11.6 Å². The molecule has 1 aliphatic rings. The average molecular weight is 360 g/mol. The topological polar surface area (TPSA) is 55.8 Å². The second kappa shape index (κ2) is 7.43. The van der Waals surface area contributed by atoms with Crippen molar-refractivity contribution in [2.75, 3.05) is 13.2 Å². The first kappa shape index (κ1) is 20.5. The third-order valence-corrected chi connectivity index (χ3v) is 4.59. The Morgan fingerprint density at radius 1 is 1.12 bits per heavy atom. The molecule has 1 aromatic carbocycles. The maximum Gasteiger partial charge on any atom is 0.308 e. The second-order valence-corrected chi connectivity index (χ2v) is 9.07. The molecule has 0 amide bonds. The van der Waals surface area contributed by atoms with Crippen molar-refractivity contribution in [1.29, 1.82) is 0 Å². The van der Waals surface area contributed by atoms with E-state index >= 15 is 0 Å². The van der Waals surface area contributed by atoms with Crippen LogP contribution >= 0.6 is 0 Å². The highest BCUT2D eigenvalue weighted by Gasteiger charge is 2.32. The molecule has 26 heavy (non-hydrogen) atoms. The standard InChI is InChI=1S/C22H32O4/c1-14(23)26-20-17(21(2,3)4)13-18(24)16(19(20)22(5,6)7)12-15-8-10-25-11-9-15/h12-13,24H,8-11H2,1-7H3. The minimum absolute atomic E-state index is 0.231. The Morgan fingerprint density at radius 2 is 1.69 bits per heavy atom. The molecule has 0 unspecified atom stereocenters. The fourth-order valence-electron chi connectivity index (χ4n) is 3.34. The molecule has 2 rings (SSSR count). The lowest BCUT2D eigenvalue weighted by atomic mass is 9.76. The summed E-state index contributed by atoms with van der Waals surface area (Å²) in [6.07, 6.45) is 3.76. The summed E-state index contributed by atoms with van der Waals surface area (Å²) < 4.78 is 11.1. The molecular formula is C22H32O4. The molecule has 1 fully saturated rings. The van der Waals surface area contributed by atoms with Crippen LogP contribution in [0.2, 0.25) is 0 Å². The molecule has 1 N–H and O–H groups in total. The maximum atomic E-state index is 11.8. The fourth-order valence-corrected chi connectivity index (χ4v) is 3.34. The number of hydrogen-bond donors (Lipinski definition) is 1. The first-order valence-electron chi connectivity index (χ1n) is 9.28. The summed E-state index contributed by atoms with van der Waals surface area (Å²) in [5.74, 6) is 0.459. The van der Waals surface area contributed by atoms with E-state index in [1.807, 2.05) is 0 Å². The molecule has 0 radical (unpaired) electrons. The molecule has 4 nitrogen and oxygen atoms in total. The van der Waals surface area contributed by atoms with E-state index in [-0.39, 0.29) is 22.5 Å². The molecule has 0 bridgehead atoms. The molecule has 0 saturated carbocycles. The third-order valence-electron chi connectivity index (χ3n) is 4.59. The smallest absolute Gasteiger partial charge is 0.308 e. The molecule has 0 aliphatic carbocycles. The molecule has 0 spiro atoms. The zero-order valence-corrected chi connectivity index (χ0v) is 17.2. The van der Waals surface area contributed by atoms with Crippen molar-refractivity contribution < 1.29 is 19.4 Å². The van der Waals surface area contributed by atoms with Crippen molar-refractivity contribution in [2.45, 2.75) is 72.1 Å². The lowest BCUT2D eigenvalue weighted by Crippen LogP contribution is -2.22. The van der Waals surface area contributed by atoms with Crippen LogP contribution in [0.3, 0.4) is 0 Å². The maximum absolute atomic E-state index is 11.8. The van der Waals surface area contributed by atoms with Crippen molar-refractivity contribution in [1.82, 2.24) is 0 Å². The zero-order chi connectivity index (χ0) is 19.7. The summed E-state index contributed by atoms with van der Waals surface area (Å²) in [5.41, 5.74) is 3.13. The highest BCUT2D eigenvalue weighted by atomic mass is 16.5. The Hall–Kier alpha value is -1.81. The van der Waals surface area contributed by atoms with E-state index in [1.54, 1.807) is 6.07 Å². The van der Waals surface area contributed by atoms with Crippen molar-refractivity contribution in [3.05, 3.63) is 28.3 Å². The van der Waals surface area contributed by atoms with Crippen LogP contribution in [0.5, 0.6) is 11.5 Å². The molecule has 144 valence electrons. The SMILES string of the molecule is CC(=O)Oc1c(C(C)(C)C)cc(O)c(C=C2CCOCC2)c1C(C)(C)C. The molecule has 1 heterocycles. The van der Waals surface area contributed by atoms with Gasteiger partial charge >= 0.3 is 5.97 Å². The highest BCUT2D eigenvalue weighted by molar-refractivity contribution is 5.76. The summed E-state index contributed by atoms with van der Waals surface area (Å²) >= 11 is 0. The monoisotopic (exact) mass is 360 g/mol. The molecule has 1 saturated heterocycles. The Labute approximate surface area is 157 Å². The predicted molar refractivity (Wildman–Crippen MR) is 105 cm³/mol. The largest absolute Gasteiger partial charge is 0.507 e. The number of rotatable bonds is 2. The number of ether oxygens (including phenoxy) is 2. The van der Waals surface area contributed by atoms with Crippen LogP contribution in [0.25, 0.3) is 6.08 Å². The third kappa shape index (κ3) is 4.67. The number of aromatic hydroxyl groups is 1. The highest BCUT2D eigenvalue weighted by Crippen LogP contribution is 2.46. The lowest BCUT2D eigenvalue weighted by Gasteiger charge is -2.31. The van der Waals surface area contributed by atoms with E-state index in [0.29, 0.717) is 19.0 Å². The molecule has 0 atom stereocenters. The van der Waals surface area contributed by atoms with E-state index < -0.39 is 0 Å². The molecule has 4 heteroatoms. The molecule has 1 aliphatic heterocycles. The Kier molecular flexibility index (Phi) is 5.86. The summed E-state index contributed by atoms with van der Waals surface area (Å²) in [7, 11) is 0. The van der Waals surface area contributed by atoms with Gasteiger partial charge in [-0.15, -0.1) is 0 Å². The normalized spacial score (nSPS) is 15.7. The lowest BCUT2D eigenvalue weighted by molar-refractivity contribution is -0.132. The quantitative estimate of drug-likeness (QED) is 0.588. The van der Waals surface area contributed by atoms with Gasteiger partial charge in [0.15, 0.2) is 0 Å².